The fraction of sp³-hybridized carbons (Fsp3) is 0.766. The quantitative estimate of drug-likeness (QED) is 0.0383. The molecule has 5 heteroatoms. The van der Waals surface area contributed by atoms with Crippen molar-refractivity contribution in [3.8, 4) is 0 Å². The highest BCUT2D eigenvalue weighted by molar-refractivity contribution is 5.69. The second-order valence-electron chi connectivity index (χ2n) is 15.6. The monoisotopic (exact) mass is 724 g/mol. The standard InChI is InChI=1S/C47H81NO4/c1-5-7-9-11-13-15-17-19-21-23-25-27-29-31-33-35-38-47(51-44-41-43(42-45(44)52-47)50-46(49)37-40-48(3)4)39-36-34-32-30-28-26-24-22-20-18-16-14-12-10-8-6-2/h7,9,13-16,19-22,43-45H,5-6,8,10-12,17-18,23-42H2,1-4H3/b9-7-,15-13-,16-14-,21-19-,22-20-. The Morgan fingerprint density at radius 1 is 0.596 bits per heavy atom. The van der Waals surface area contributed by atoms with Crippen LogP contribution in [0.2, 0.25) is 0 Å². The Morgan fingerprint density at radius 3 is 1.48 bits per heavy atom. The number of hydrogen-bond acceptors (Lipinski definition) is 5. The molecule has 1 heterocycles. The van der Waals surface area contributed by atoms with Crippen LogP contribution in [0, 0.1) is 0 Å². The third-order valence-corrected chi connectivity index (χ3v) is 10.4. The van der Waals surface area contributed by atoms with E-state index in [1.54, 1.807) is 0 Å². The van der Waals surface area contributed by atoms with Crippen molar-refractivity contribution in [2.24, 2.45) is 0 Å². The second kappa shape index (κ2) is 31.4. The van der Waals surface area contributed by atoms with Crippen molar-refractivity contribution in [1.29, 1.82) is 0 Å². The van der Waals surface area contributed by atoms with Gasteiger partial charge in [-0.05, 0) is 91.1 Å². The number of nitrogens with zero attached hydrogens (tertiary/aromatic N) is 1. The average Bonchev–Trinajstić information content (AvgIpc) is 3.65. The van der Waals surface area contributed by atoms with Crippen LogP contribution in [-0.2, 0) is 19.0 Å². The zero-order valence-corrected chi connectivity index (χ0v) is 34.4. The first-order chi connectivity index (χ1) is 25.5. The Labute approximate surface area is 321 Å². The molecule has 0 radical (unpaired) electrons. The fourth-order valence-corrected chi connectivity index (χ4v) is 7.33. The lowest BCUT2D eigenvalue weighted by Gasteiger charge is -2.30. The van der Waals surface area contributed by atoms with E-state index >= 15 is 0 Å². The van der Waals surface area contributed by atoms with Crippen LogP contribution in [0.3, 0.4) is 0 Å². The number of allylic oxidation sites excluding steroid dienone is 10. The highest BCUT2D eigenvalue weighted by atomic mass is 16.8. The molecule has 5 nitrogen and oxygen atoms in total. The van der Waals surface area contributed by atoms with Gasteiger partial charge in [-0.2, -0.15) is 0 Å². The molecule has 0 amide bonds. The lowest BCUT2D eigenvalue weighted by Crippen LogP contribution is -2.33. The van der Waals surface area contributed by atoms with Crippen LogP contribution in [0.1, 0.15) is 187 Å². The van der Waals surface area contributed by atoms with Gasteiger partial charge in [-0.1, -0.05) is 139 Å². The van der Waals surface area contributed by atoms with Crippen LogP contribution < -0.4 is 0 Å². The van der Waals surface area contributed by atoms with E-state index in [9.17, 15) is 4.79 Å². The van der Waals surface area contributed by atoms with E-state index in [1.807, 2.05) is 19.0 Å². The second-order valence-corrected chi connectivity index (χ2v) is 15.6. The summed E-state index contributed by atoms with van der Waals surface area (Å²) in [6.45, 7) is 5.16. The smallest absolute Gasteiger partial charge is 0.307 e. The average molecular weight is 724 g/mol. The molecular formula is C47H81NO4. The van der Waals surface area contributed by atoms with Crippen molar-refractivity contribution in [2.75, 3.05) is 20.6 Å². The number of fused-ring (bicyclic) bond motifs is 1. The van der Waals surface area contributed by atoms with Gasteiger partial charge in [0.05, 0.1) is 18.6 Å². The molecule has 2 fully saturated rings. The van der Waals surface area contributed by atoms with Crippen molar-refractivity contribution < 1.29 is 19.0 Å². The van der Waals surface area contributed by atoms with E-state index in [0.717, 1.165) is 70.8 Å². The molecule has 2 unspecified atom stereocenters. The van der Waals surface area contributed by atoms with Crippen molar-refractivity contribution in [1.82, 2.24) is 4.90 Å². The van der Waals surface area contributed by atoms with Crippen LogP contribution in [0.5, 0.6) is 0 Å². The molecule has 298 valence electrons. The van der Waals surface area contributed by atoms with E-state index in [-0.39, 0.29) is 24.3 Å². The Morgan fingerprint density at radius 2 is 1.02 bits per heavy atom. The predicted octanol–water partition coefficient (Wildman–Crippen LogP) is 13.3. The molecule has 0 aromatic rings. The summed E-state index contributed by atoms with van der Waals surface area (Å²) >= 11 is 0. The highest BCUT2D eigenvalue weighted by Gasteiger charge is 2.52. The van der Waals surface area contributed by atoms with Crippen LogP contribution in [0.4, 0.5) is 0 Å². The van der Waals surface area contributed by atoms with Gasteiger partial charge in [0.25, 0.3) is 0 Å². The summed E-state index contributed by atoms with van der Waals surface area (Å²) in [6, 6.07) is 0. The molecule has 0 bridgehead atoms. The molecule has 1 aliphatic carbocycles. The highest BCUT2D eigenvalue weighted by Crippen LogP contribution is 2.44. The largest absolute Gasteiger partial charge is 0.462 e. The Bertz CT molecular complexity index is 997. The first-order valence-electron chi connectivity index (χ1n) is 21.9. The first-order valence-corrected chi connectivity index (χ1v) is 21.9. The van der Waals surface area contributed by atoms with Crippen LogP contribution in [0.15, 0.2) is 60.8 Å². The van der Waals surface area contributed by atoms with Gasteiger partial charge in [-0.25, -0.2) is 0 Å². The molecule has 1 aliphatic heterocycles. The van der Waals surface area contributed by atoms with Crippen molar-refractivity contribution in [2.45, 2.75) is 211 Å². The molecule has 52 heavy (non-hydrogen) atoms. The van der Waals surface area contributed by atoms with Gasteiger partial charge in [0.2, 0.25) is 0 Å². The summed E-state index contributed by atoms with van der Waals surface area (Å²) in [7, 11) is 3.97. The van der Waals surface area contributed by atoms with Gasteiger partial charge in [0, 0.05) is 32.2 Å². The number of carbonyl (C=O) groups excluding carboxylic acids is 1. The zero-order chi connectivity index (χ0) is 37.4. The molecule has 2 atom stereocenters. The van der Waals surface area contributed by atoms with Crippen molar-refractivity contribution in [3.63, 3.8) is 0 Å². The molecule has 0 N–H and O–H groups in total. The Balaban J connectivity index is 1.64. The van der Waals surface area contributed by atoms with Crippen LogP contribution in [-0.4, -0.2) is 55.6 Å². The molecule has 0 aromatic heterocycles. The Hall–Kier alpha value is -1.95. The summed E-state index contributed by atoms with van der Waals surface area (Å²) in [5.41, 5.74) is 0. The predicted molar refractivity (Wildman–Crippen MR) is 223 cm³/mol. The number of esters is 1. The van der Waals surface area contributed by atoms with E-state index in [2.05, 4.69) is 74.6 Å². The molecule has 1 saturated heterocycles. The summed E-state index contributed by atoms with van der Waals surface area (Å²) in [6.07, 6.45) is 54.1. The molecule has 2 rings (SSSR count). The number of rotatable bonds is 33. The number of unbranched alkanes of at least 4 members (excludes halogenated alkanes) is 15. The van der Waals surface area contributed by atoms with E-state index in [4.69, 9.17) is 14.2 Å². The lowest BCUT2D eigenvalue weighted by molar-refractivity contribution is -0.196. The summed E-state index contributed by atoms with van der Waals surface area (Å²) < 4.78 is 19.4. The molecule has 2 aliphatic rings. The molecular weight excluding hydrogens is 643 g/mol. The van der Waals surface area contributed by atoms with E-state index in [0.29, 0.717) is 6.42 Å². The fourth-order valence-electron chi connectivity index (χ4n) is 7.33. The summed E-state index contributed by atoms with van der Waals surface area (Å²) in [5, 5.41) is 0. The maximum Gasteiger partial charge on any atom is 0.307 e. The van der Waals surface area contributed by atoms with Crippen LogP contribution >= 0.6 is 0 Å². The van der Waals surface area contributed by atoms with E-state index in [1.165, 1.54) is 103 Å². The molecule has 1 saturated carbocycles. The number of hydrogen-bond donors (Lipinski definition) is 0. The van der Waals surface area contributed by atoms with Gasteiger partial charge >= 0.3 is 5.97 Å². The van der Waals surface area contributed by atoms with Gasteiger partial charge in [-0.15, -0.1) is 0 Å². The topological polar surface area (TPSA) is 48.0 Å². The SMILES string of the molecule is CC/C=C\C/C=C\C/C=C\CCCCCCCCC1(CCCCCCCC/C=C\C/C=C\CCCCC)OC2CC(OC(=O)CCN(C)C)CC2O1. The molecule has 0 aromatic carbocycles. The lowest BCUT2D eigenvalue weighted by atomic mass is 9.98. The minimum absolute atomic E-state index is 0.0534. The normalized spacial score (nSPS) is 22.1. The third-order valence-electron chi connectivity index (χ3n) is 10.4. The maximum atomic E-state index is 12.4. The summed E-state index contributed by atoms with van der Waals surface area (Å²) in [4.78, 5) is 14.4. The maximum absolute atomic E-state index is 12.4. The van der Waals surface area contributed by atoms with Crippen LogP contribution in [0.25, 0.3) is 0 Å². The Kier molecular flexibility index (Phi) is 27.9. The van der Waals surface area contributed by atoms with E-state index < -0.39 is 5.79 Å². The van der Waals surface area contributed by atoms with Crippen molar-refractivity contribution >= 4 is 5.97 Å². The zero-order valence-electron chi connectivity index (χ0n) is 34.4. The van der Waals surface area contributed by atoms with Crippen molar-refractivity contribution in [3.05, 3.63) is 60.8 Å². The van der Waals surface area contributed by atoms with Gasteiger partial charge in [0.1, 0.15) is 6.10 Å². The first kappa shape index (κ1) is 46.2. The minimum atomic E-state index is -0.448. The summed E-state index contributed by atoms with van der Waals surface area (Å²) in [5.74, 6) is -0.554. The molecule has 0 spiro atoms. The third kappa shape index (κ3) is 23.7. The number of carbonyl (C=O) groups is 1. The minimum Gasteiger partial charge on any atom is -0.462 e. The van der Waals surface area contributed by atoms with Gasteiger partial charge in [0.15, 0.2) is 5.79 Å². The van der Waals surface area contributed by atoms with Gasteiger partial charge in [-0.3, -0.25) is 4.79 Å². The number of ether oxygens (including phenoxy) is 3. The van der Waals surface area contributed by atoms with Gasteiger partial charge < -0.3 is 19.1 Å².